The van der Waals surface area contributed by atoms with Crippen LogP contribution in [-0.2, 0) is 0 Å². The SMILES string of the molecule is C#CC(C)Nc1nc(C(=O)O)co1. The predicted molar refractivity (Wildman–Crippen MR) is 45.4 cm³/mol. The number of hydrogen-bond acceptors (Lipinski definition) is 4. The Bertz CT molecular complexity index is 351. The molecule has 5 heteroatoms. The van der Waals surface area contributed by atoms with E-state index in [1.807, 2.05) is 0 Å². The van der Waals surface area contributed by atoms with Gasteiger partial charge in [0.05, 0.1) is 6.04 Å². The van der Waals surface area contributed by atoms with Crippen LogP contribution in [0.1, 0.15) is 17.4 Å². The lowest BCUT2D eigenvalue weighted by Gasteiger charge is -2.01. The van der Waals surface area contributed by atoms with Gasteiger partial charge in [-0.25, -0.2) is 4.79 Å². The molecular formula is C8H8N2O3. The predicted octanol–water partition coefficient (Wildman–Crippen LogP) is 0.806. The molecule has 0 aromatic carbocycles. The third-order valence-corrected chi connectivity index (χ3v) is 1.31. The van der Waals surface area contributed by atoms with Gasteiger partial charge in [-0.3, -0.25) is 0 Å². The van der Waals surface area contributed by atoms with Crippen LogP contribution in [-0.4, -0.2) is 22.1 Å². The van der Waals surface area contributed by atoms with Gasteiger partial charge in [0, 0.05) is 0 Å². The maximum atomic E-state index is 10.4. The van der Waals surface area contributed by atoms with E-state index < -0.39 is 5.97 Å². The summed E-state index contributed by atoms with van der Waals surface area (Å²) in [5.41, 5.74) is -0.147. The molecule has 2 N–H and O–H groups in total. The minimum atomic E-state index is -1.13. The molecule has 0 saturated carbocycles. The Morgan fingerprint density at radius 2 is 2.62 bits per heavy atom. The summed E-state index contributed by atoms with van der Waals surface area (Å²) >= 11 is 0. The molecule has 13 heavy (non-hydrogen) atoms. The topological polar surface area (TPSA) is 75.4 Å². The number of carbonyl (C=O) groups is 1. The first-order chi connectivity index (χ1) is 6.13. The largest absolute Gasteiger partial charge is 0.476 e. The lowest BCUT2D eigenvalue weighted by molar-refractivity contribution is 0.0690. The van der Waals surface area contributed by atoms with E-state index in [-0.39, 0.29) is 17.8 Å². The number of aromatic carboxylic acids is 1. The Morgan fingerprint density at radius 3 is 3.08 bits per heavy atom. The third kappa shape index (κ3) is 2.24. The molecule has 0 spiro atoms. The molecule has 1 rings (SSSR count). The maximum Gasteiger partial charge on any atom is 0.357 e. The van der Waals surface area contributed by atoms with Crippen molar-refractivity contribution in [1.82, 2.24) is 4.98 Å². The summed E-state index contributed by atoms with van der Waals surface area (Å²) in [7, 11) is 0. The smallest absolute Gasteiger partial charge is 0.357 e. The summed E-state index contributed by atoms with van der Waals surface area (Å²) in [5, 5.41) is 11.2. The van der Waals surface area contributed by atoms with Crippen molar-refractivity contribution in [1.29, 1.82) is 0 Å². The summed E-state index contributed by atoms with van der Waals surface area (Å²) in [6, 6.07) is -0.136. The Morgan fingerprint density at radius 1 is 1.92 bits per heavy atom. The first-order valence-electron chi connectivity index (χ1n) is 3.55. The summed E-state index contributed by atoms with van der Waals surface area (Å²) in [6.07, 6.45) is 6.14. The number of carboxylic acids is 1. The standard InChI is InChI=1S/C8H8N2O3/c1-3-5(2)9-8-10-6(4-13-8)7(11)12/h1,4-5H,2H3,(H,9,10)(H,11,12). The van der Waals surface area contributed by atoms with E-state index in [1.54, 1.807) is 6.92 Å². The molecule has 0 aliphatic rings. The molecule has 1 heterocycles. The van der Waals surface area contributed by atoms with Crippen molar-refractivity contribution >= 4 is 12.0 Å². The second kappa shape index (κ2) is 3.63. The fraction of sp³-hybridized carbons (Fsp3) is 0.250. The molecule has 68 valence electrons. The van der Waals surface area contributed by atoms with Gasteiger partial charge in [-0.05, 0) is 6.92 Å². The van der Waals surface area contributed by atoms with E-state index in [1.165, 1.54) is 0 Å². The van der Waals surface area contributed by atoms with Crippen molar-refractivity contribution < 1.29 is 14.3 Å². The average molecular weight is 180 g/mol. The van der Waals surface area contributed by atoms with E-state index >= 15 is 0 Å². The molecule has 0 saturated heterocycles. The number of hydrogen-bond donors (Lipinski definition) is 2. The van der Waals surface area contributed by atoms with Gasteiger partial charge < -0.3 is 14.8 Å². The third-order valence-electron chi connectivity index (χ3n) is 1.31. The average Bonchev–Trinajstić information content (AvgIpc) is 2.52. The van der Waals surface area contributed by atoms with Crippen molar-refractivity contribution in [3.8, 4) is 12.3 Å². The Balaban J connectivity index is 2.70. The highest BCUT2D eigenvalue weighted by atomic mass is 16.4. The number of rotatable bonds is 3. The molecular weight excluding hydrogens is 172 g/mol. The zero-order chi connectivity index (χ0) is 9.84. The zero-order valence-electron chi connectivity index (χ0n) is 6.94. The van der Waals surface area contributed by atoms with Crippen molar-refractivity contribution in [3.05, 3.63) is 12.0 Å². The molecule has 0 aliphatic carbocycles. The van der Waals surface area contributed by atoms with Gasteiger partial charge in [0.25, 0.3) is 6.01 Å². The molecule has 0 fully saturated rings. The Kier molecular flexibility index (Phi) is 2.55. The Hall–Kier alpha value is -1.96. The van der Waals surface area contributed by atoms with Gasteiger partial charge in [-0.15, -0.1) is 6.42 Å². The normalized spacial score (nSPS) is 11.7. The van der Waals surface area contributed by atoms with Crippen LogP contribution in [0.15, 0.2) is 10.7 Å². The number of terminal acetylenes is 1. The van der Waals surface area contributed by atoms with Gasteiger partial charge in [-0.1, -0.05) is 5.92 Å². The minimum Gasteiger partial charge on any atom is -0.476 e. The number of nitrogens with one attached hydrogen (secondary N) is 1. The van der Waals surface area contributed by atoms with E-state index in [9.17, 15) is 4.79 Å². The molecule has 1 aromatic heterocycles. The molecule has 1 atom stereocenters. The minimum absolute atomic E-state index is 0.114. The van der Waals surface area contributed by atoms with Gasteiger partial charge in [0.15, 0.2) is 5.69 Å². The van der Waals surface area contributed by atoms with Crippen LogP contribution < -0.4 is 5.32 Å². The summed E-state index contributed by atoms with van der Waals surface area (Å²) < 4.78 is 4.80. The molecule has 5 nitrogen and oxygen atoms in total. The lowest BCUT2D eigenvalue weighted by atomic mass is 10.4. The number of anilines is 1. The molecule has 0 radical (unpaired) electrons. The van der Waals surface area contributed by atoms with Crippen LogP contribution in [0.25, 0.3) is 0 Å². The highest BCUT2D eigenvalue weighted by Gasteiger charge is 2.10. The van der Waals surface area contributed by atoms with E-state index in [2.05, 4.69) is 16.2 Å². The zero-order valence-corrected chi connectivity index (χ0v) is 6.94. The monoisotopic (exact) mass is 180 g/mol. The van der Waals surface area contributed by atoms with E-state index in [0.717, 1.165) is 6.26 Å². The molecule has 1 unspecified atom stereocenters. The second-order valence-electron chi connectivity index (χ2n) is 2.38. The van der Waals surface area contributed by atoms with Gasteiger partial charge >= 0.3 is 5.97 Å². The van der Waals surface area contributed by atoms with Gasteiger partial charge in [-0.2, -0.15) is 4.98 Å². The first-order valence-corrected chi connectivity index (χ1v) is 3.55. The number of oxazole rings is 1. The van der Waals surface area contributed by atoms with Crippen molar-refractivity contribution in [2.45, 2.75) is 13.0 Å². The van der Waals surface area contributed by atoms with Crippen LogP contribution in [0.5, 0.6) is 0 Å². The summed E-state index contributed by atoms with van der Waals surface area (Å²) in [6.45, 7) is 1.73. The molecule has 0 aliphatic heterocycles. The van der Waals surface area contributed by atoms with E-state index in [0.29, 0.717) is 0 Å². The molecule has 1 aromatic rings. The van der Waals surface area contributed by atoms with Crippen molar-refractivity contribution in [2.24, 2.45) is 0 Å². The second-order valence-corrected chi connectivity index (χ2v) is 2.38. The van der Waals surface area contributed by atoms with Crippen LogP contribution in [0, 0.1) is 12.3 Å². The van der Waals surface area contributed by atoms with Crippen molar-refractivity contribution in [2.75, 3.05) is 5.32 Å². The van der Waals surface area contributed by atoms with Crippen LogP contribution in [0.4, 0.5) is 6.01 Å². The lowest BCUT2D eigenvalue weighted by Crippen LogP contribution is -2.12. The van der Waals surface area contributed by atoms with Gasteiger partial charge in [0.1, 0.15) is 6.26 Å². The first kappa shape index (κ1) is 9.13. The summed E-state index contributed by atoms with van der Waals surface area (Å²) in [4.78, 5) is 14.0. The quantitative estimate of drug-likeness (QED) is 0.673. The number of carboxylic acid groups (broad SMARTS) is 1. The van der Waals surface area contributed by atoms with Crippen LogP contribution in [0.2, 0.25) is 0 Å². The maximum absolute atomic E-state index is 10.4. The van der Waals surface area contributed by atoms with E-state index in [4.69, 9.17) is 15.9 Å². The summed E-state index contributed by atoms with van der Waals surface area (Å²) in [5.74, 6) is 1.26. The number of aromatic nitrogens is 1. The fourth-order valence-electron chi connectivity index (χ4n) is 0.665. The molecule has 0 bridgehead atoms. The Labute approximate surface area is 74.8 Å². The fourth-order valence-corrected chi connectivity index (χ4v) is 0.665. The highest BCUT2D eigenvalue weighted by Crippen LogP contribution is 2.08. The molecule has 0 amide bonds. The van der Waals surface area contributed by atoms with Crippen LogP contribution >= 0.6 is 0 Å². The van der Waals surface area contributed by atoms with Crippen molar-refractivity contribution in [3.63, 3.8) is 0 Å². The number of nitrogens with zero attached hydrogens (tertiary/aromatic N) is 1. The highest BCUT2D eigenvalue weighted by molar-refractivity contribution is 5.85. The van der Waals surface area contributed by atoms with Gasteiger partial charge in [0.2, 0.25) is 0 Å². The van der Waals surface area contributed by atoms with Crippen LogP contribution in [0.3, 0.4) is 0 Å².